The molecule has 0 unspecified atom stereocenters. The summed E-state index contributed by atoms with van der Waals surface area (Å²) in [5, 5.41) is 9.87. The van der Waals surface area contributed by atoms with E-state index < -0.39 is 77.0 Å². The summed E-state index contributed by atoms with van der Waals surface area (Å²) in [7, 11) is 1.27. The zero-order valence-electron chi connectivity index (χ0n) is 45.1. The van der Waals surface area contributed by atoms with E-state index in [0.29, 0.717) is 39.4 Å². The number of Topliss-reactive ketones (excluding diaryl/α,β-unsaturated/α-hetero) is 2. The minimum atomic E-state index is -1.15. The van der Waals surface area contributed by atoms with Crippen LogP contribution in [0.2, 0.25) is 0 Å². The number of nitrogens with zero attached hydrogens (tertiary/aromatic N) is 4. The molecule has 2 saturated heterocycles. The van der Waals surface area contributed by atoms with Crippen LogP contribution in [0.15, 0.2) is 42.5 Å². The molecule has 18 nitrogen and oxygen atoms in total. The molecule has 6 aliphatic rings. The van der Waals surface area contributed by atoms with Gasteiger partial charge in [0.1, 0.15) is 35.9 Å². The van der Waals surface area contributed by atoms with E-state index in [-0.39, 0.29) is 96.1 Å². The molecule has 424 valence electrons. The van der Waals surface area contributed by atoms with E-state index in [2.05, 4.69) is 6.07 Å². The standard InChI is InChI=1S/C29H38N2O7.C28H38N2O7.2CH4/c1-18-17-37-11-7-10-19-8-6-9-20-14-30(16-22(19)20)28(35)38-21-12-24(27(34)36-5)31(15-21)26(33)23(13-25(18)32)29(2,3)4;1-17-16-36-10-6-9-18-7-5-8-19-13-29(15-21(18)19)27(35)37-20-11-23(26(33)34)30(14-20)25(32)22(12-24(17)31)28(2,3)4;;/h6-10,18,21,23-24H,11-17H2,1-5H3;5,7-8,17,20,22-23H,6,9-16H2,1-4H3,(H,33,34);2*1H4/b10-7+;;;/t18-,21+,23+,24-;17-,20+,22+,23-;;/m00../s1. The molecule has 0 aliphatic carbocycles. The quantitative estimate of drug-likeness (QED) is 0.221. The molecule has 8 atom stereocenters. The van der Waals surface area contributed by atoms with Crippen molar-refractivity contribution in [2.24, 2.45) is 34.5 Å². The molecule has 6 heterocycles. The van der Waals surface area contributed by atoms with Crippen LogP contribution < -0.4 is 0 Å². The first-order chi connectivity index (χ1) is 35.4. The van der Waals surface area contributed by atoms with Crippen molar-refractivity contribution in [2.45, 2.75) is 159 Å². The number of carbonyl (C=O) groups excluding carboxylic acids is 7. The number of amides is 4. The number of aliphatic carboxylic acids is 1. The summed E-state index contributed by atoms with van der Waals surface area (Å²) in [5.41, 5.74) is 5.33. The van der Waals surface area contributed by atoms with Crippen LogP contribution in [0.3, 0.4) is 0 Å². The summed E-state index contributed by atoms with van der Waals surface area (Å²) in [6.07, 6.45) is 3.27. The number of rotatable bonds is 2. The van der Waals surface area contributed by atoms with Crippen LogP contribution in [0, 0.1) is 34.5 Å². The maximum absolute atomic E-state index is 13.9. The van der Waals surface area contributed by atoms with Gasteiger partial charge in [0.2, 0.25) is 11.8 Å². The molecule has 0 spiro atoms. The van der Waals surface area contributed by atoms with Gasteiger partial charge in [0.05, 0.1) is 46.6 Å². The van der Waals surface area contributed by atoms with Crippen molar-refractivity contribution in [3.8, 4) is 0 Å². The lowest BCUT2D eigenvalue weighted by Gasteiger charge is -2.34. The van der Waals surface area contributed by atoms with Crippen LogP contribution >= 0.6 is 0 Å². The fourth-order valence-electron chi connectivity index (χ4n) is 10.9. The van der Waals surface area contributed by atoms with E-state index >= 15 is 0 Å². The average Bonchev–Trinajstić information content (AvgIpc) is 4.19. The summed E-state index contributed by atoms with van der Waals surface area (Å²) in [6, 6.07) is 9.99. The molecule has 1 N–H and O–H groups in total. The number of aryl methyl sites for hydroxylation is 1. The Morgan fingerprint density at radius 1 is 0.649 bits per heavy atom. The van der Waals surface area contributed by atoms with Gasteiger partial charge < -0.3 is 38.6 Å². The Kier molecular flexibility index (Phi) is 20.8. The highest BCUT2D eigenvalue weighted by Gasteiger charge is 2.49. The molecule has 4 amide bonds. The fourth-order valence-corrected chi connectivity index (χ4v) is 10.9. The fraction of sp³-hybridized carbons (Fsp3) is 0.627. The Labute approximate surface area is 455 Å². The molecule has 6 aliphatic heterocycles. The van der Waals surface area contributed by atoms with E-state index in [9.17, 15) is 43.5 Å². The minimum absolute atomic E-state index is 0. The number of fused-ring (bicyclic) bond motifs is 6. The monoisotopic (exact) mass is 1070 g/mol. The number of ether oxygens (including phenoxy) is 5. The van der Waals surface area contributed by atoms with Crippen LogP contribution in [0.4, 0.5) is 9.59 Å². The first-order valence-electron chi connectivity index (χ1n) is 26.4. The van der Waals surface area contributed by atoms with Gasteiger partial charge in [-0.2, -0.15) is 0 Å². The van der Waals surface area contributed by atoms with Gasteiger partial charge in [-0.1, -0.05) is 119 Å². The first kappa shape index (κ1) is 61.7. The summed E-state index contributed by atoms with van der Waals surface area (Å²) in [6.45, 7) is 18.1. The Morgan fingerprint density at radius 2 is 1.13 bits per heavy atom. The molecule has 77 heavy (non-hydrogen) atoms. The third-order valence-electron chi connectivity index (χ3n) is 15.6. The normalized spacial score (nSPS) is 27.2. The summed E-state index contributed by atoms with van der Waals surface area (Å²) in [5.74, 6) is -4.70. The van der Waals surface area contributed by atoms with Crippen LogP contribution in [-0.4, -0.2) is 143 Å². The van der Waals surface area contributed by atoms with Gasteiger partial charge >= 0.3 is 24.1 Å². The Balaban J connectivity index is 0.000000277. The minimum Gasteiger partial charge on any atom is -0.480 e. The van der Waals surface area contributed by atoms with Gasteiger partial charge in [0, 0.05) is 75.6 Å². The van der Waals surface area contributed by atoms with Crippen LogP contribution in [0.25, 0.3) is 6.08 Å². The van der Waals surface area contributed by atoms with Crippen LogP contribution in [-0.2, 0) is 85.1 Å². The van der Waals surface area contributed by atoms with Gasteiger partial charge in [0.25, 0.3) is 0 Å². The summed E-state index contributed by atoms with van der Waals surface area (Å²) < 4.78 is 28.1. The van der Waals surface area contributed by atoms with E-state index in [1.807, 2.05) is 84.0 Å². The van der Waals surface area contributed by atoms with Crippen LogP contribution in [0.5, 0.6) is 0 Å². The average molecular weight is 1070 g/mol. The first-order valence-corrected chi connectivity index (χ1v) is 26.4. The van der Waals surface area contributed by atoms with Crippen molar-refractivity contribution in [3.63, 3.8) is 0 Å². The number of benzene rings is 2. The Bertz CT molecular complexity index is 2530. The van der Waals surface area contributed by atoms with Crippen molar-refractivity contribution in [1.82, 2.24) is 19.6 Å². The number of hydrogen-bond acceptors (Lipinski definition) is 13. The lowest BCUT2D eigenvalue weighted by atomic mass is 9.75. The smallest absolute Gasteiger partial charge is 0.410 e. The topological polar surface area (TPSA) is 216 Å². The Hall–Kier alpha value is -6.14. The lowest BCUT2D eigenvalue weighted by molar-refractivity contribution is -0.154. The van der Waals surface area contributed by atoms with Crippen molar-refractivity contribution in [2.75, 3.05) is 46.6 Å². The van der Waals surface area contributed by atoms with Crippen molar-refractivity contribution in [1.29, 1.82) is 0 Å². The molecular formula is C59H84N4O14. The van der Waals surface area contributed by atoms with Crippen molar-refractivity contribution >= 4 is 53.6 Å². The van der Waals surface area contributed by atoms with E-state index in [1.54, 1.807) is 23.6 Å². The van der Waals surface area contributed by atoms with Gasteiger partial charge in [-0.05, 0) is 57.1 Å². The number of methoxy groups -OCH3 is 1. The molecule has 0 aromatic heterocycles. The highest BCUT2D eigenvalue weighted by atomic mass is 16.6. The maximum Gasteiger partial charge on any atom is 0.410 e. The second kappa shape index (κ2) is 26.0. The molecule has 2 fully saturated rings. The summed E-state index contributed by atoms with van der Waals surface area (Å²) in [4.78, 5) is 111. The summed E-state index contributed by atoms with van der Waals surface area (Å²) >= 11 is 0. The molecule has 8 rings (SSSR count). The maximum atomic E-state index is 13.9. The Morgan fingerprint density at radius 3 is 1.66 bits per heavy atom. The van der Waals surface area contributed by atoms with Crippen LogP contribution in [0.1, 0.15) is 136 Å². The predicted molar refractivity (Wildman–Crippen MR) is 288 cm³/mol. The lowest BCUT2D eigenvalue weighted by Crippen LogP contribution is -2.48. The molecule has 2 aromatic rings. The molecule has 8 bridgehead atoms. The number of hydrogen-bond donors (Lipinski definition) is 1. The highest BCUT2D eigenvalue weighted by molar-refractivity contribution is 5.92. The zero-order valence-corrected chi connectivity index (χ0v) is 45.1. The van der Waals surface area contributed by atoms with Gasteiger partial charge in [-0.3, -0.25) is 29.0 Å². The largest absolute Gasteiger partial charge is 0.480 e. The SMILES string of the molecule is C.C.COC(=O)[C@@H]1C[C@@H]2CN1C(=O)[C@H](C(C)(C)C)CC(=O)[C@@H](C)COC/C=C/c1cccc3c1CN(C3)C(=O)O2.C[C@H]1COCCCc2cccc3c2CN(C3)C(=O)O[C@@H]2C[C@@H](C(=O)O)N(C2)C(=O)[C@H](C(C)(C)C)CC1=O. The van der Waals surface area contributed by atoms with E-state index in [0.717, 1.165) is 46.2 Å². The number of esters is 1. The number of carboxylic acid groups (broad SMARTS) is 1. The molecule has 18 heteroatoms. The molecule has 2 aromatic carbocycles. The number of ketones is 2. The van der Waals surface area contributed by atoms with Crippen molar-refractivity contribution < 1.29 is 67.1 Å². The second-order valence-corrected chi connectivity index (χ2v) is 23.2. The second-order valence-electron chi connectivity index (χ2n) is 23.2. The third kappa shape index (κ3) is 14.7. The van der Waals surface area contributed by atoms with E-state index in [1.165, 1.54) is 16.9 Å². The molecule has 0 radical (unpaired) electrons. The number of carbonyl (C=O) groups is 8. The predicted octanol–water partition coefficient (Wildman–Crippen LogP) is 8.27. The molecular weight excluding hydrogens is 989 g/mol. The van der Waals surface area contributed by atoms with Crippen molar-refractivity contribution in [3.05, 3.63) is 75.9 Å². The highest BCUT2D eigenvalue weighted by Crippen LogP contribution is 2.38. The third-order valence-corrected chi connectivity index (χ3v) is 15.6. The zero-order chi connectivity index (χ0) is 54.5. The number of carboxylic acids is 1. The van der Waals surface area contributed by atoms with E-state index in [4.69, 9.17) is 23.7 Å². The van der Waals surface area contributed by atoms with Gasteiger partial charge in [-0.25, -0.2) is 19.2 Å². The van der Waals surface area contributed by atoms with Gasteiger partial charge in [0.15, 0.2) is 0 Å². The van der Waals surface area contributed by atoms with Gasteiger partial charge in [-0.15, -0.1) is 0 Å². The molecule has 0 saturated carbocycles.